The maximum absolute atomic E-state index is 14.6. The fourth-order valence-corrected chi connectivity index (χ4v) is 2.85. The Morgan fingerprint density at radius 3 is 2.31 bits per heavy atom. The molecule has 6 heteroatoms. The van der Waals surface area contributed by atoms with Crippen molar-refractivity contribution in [2.24, 2.45) is 0 Å². The van der Waals surface area contributed by atoms with Crippen LogP contribution in [0, 0.1) is 12.7 Å². The van der Waals surface area contributed by atoms with Crippen molar-refractivity contribution in [2.75, 3.05) is 0 Å². The normalized spacial score (nSPS) is 18.2. The van der Waals surface area contributed by atoms with E-state index >= 15 is 0 Å². The predicted molar refractivity (Wildman–Crippen MR) is 103 cm³/mol. The molecule has 2 aromatic carbocycles. The van der Waals surface area contributed by atoms with E-state index in [2.05, 4.69) is 0 Å². The number of hydrogen-bond acceptors (Lipinski definition) is 3. The molecule has 1 saturated heterocycles. The molecule has 0 amide bonds. The van der Waals surface area contributed by atoms with Crippen LogP contribution in [0.5, 0.6) is 5.75 Å². The smallest absolute Gasteiger partial charge is 0.488 e. The summed E-state index contributed by atoms with van der Waals surface area (Å²) in [6.45, 7) is 9.93. The third-order valence-electron chi connectivity index (χ3n) is 5.14. The van der Waals surface area contributed by atoms with Crippen LogP contribution in [-0.4, -0.2) is 18.3 Å². The van der Waals surface area contributed by atoms with Gasteiger partial charge in [0.1, 0.15) is 18.2 Å². The molecular weight excluding hydrogens is 353 g/mol. The molecule has 3 rings (SSSR count). The first kappa shape index (κ1) is 19.2. The third kappa shape index (κ3) is 3.75. The minimum absolute atomic E-state index is 0.122. The van der Waals surface area contributed by atoms with Crippen molar-refractivity contribution >= 4 is 24.2 Å². The summed E-state index contributed by atoms with van der Waals surface area (Å²) in [5.74, 6) is 0.295. The van der Waals surface area contributed by atoms with Crippen LogP contribution in [0.4, 0.5) is 4.39 Å². The van der Waals surface area contributed by atoms with Crippen LogP contribution in [0.25, 0.3) is 0 Å². The molecule has 0 radical (unpaired) electrons. The lowest BCUT2D eigenvalue weighted by Crippen LogP contribution is -2.41. The highest BCUT2D eigenvalue weighted by Gasteiger charge is 2.51. The van der Waals surface area contributed by atoms with Crippen molar-refractivity contribution in [3.8, 4) is 5.75 Å². The number of rotatable bonds is 4. The number of ether oxygens (including phenoxy) is 1. The van der Waals surface area contributed by atoms with Crippen LogP contribution < -0.4 is 10.2 Å². The molecule has 1 aliphatic heterocycles. The van der Waals surface area contributed by atoms with Gasteiger partial charge in [-0.05, 0) is 63.8 Å². The summed E-state index contributed by atoms with van der Waals surface area (Å²) in [5, 5.41) is 0.585. The topological polar surface area (TPSA) is 27.7 Å². The van der Waals surface area contributed by atoms with E-state index in [0.29, 0.717) is 21.8 Å². The van der Waals surface area contributed by atoms with Gasteiger partial charge in [-0.15, -0.1) is 0 Å². The number of hydrogen-bond donors (Lipinski definition) is 0. The summed E-state index contributed by atoms with van der Waals surface area (Å²) in [6, 6.07) is 10.4. The van der Waals surface area contributed by atoms with Crippen molar-refractivity contribution in [1.29, 1.82) is 0 Å². The molecule has 138 valence electrons. The summed E-state index contributed by atoms with van der Waals surface area (Å²) >= 11 is 5.99. The van der Waals surface area contributed by atoms with Gasteiger partial charge in [0.2, 0.25) is 0 Å². The lowest BCUT2D eigenvalue weighted by atomic mass is 9.79. The van der Waals surface area contributed by atoms with Crippen molar-refractivity contribution in [3.05, 3.63) is 58.4 Å². The Morgan fingerprint density at radius 1 is 1.04 bits per heavy atom. The van der Waals surface area contributed by atoms with Gasteiger partial charge in [-0.3, -0.25) is 0 Å². The molecule has 1 heterocycles. The maximum Gasteiger partial charge on any atom is 0.494 e. The van der Waals surface area contributed by atoms with Crippen LogP contribution >= 0.6 is 11.6 Å². The standard InChI is InChI=1S/C20H23BClFO3/c1-13-6-9-16(22)11-18(13)24-12-14-7-8-15(10-17(14)23)21-25-19(2,3)20(4,5)26-21/h6-11H,12H2,1-5H3. The van der Waals surface area contributed by atoms with Crippen molar-refractivity contribution in [1.82, 2.24) is 0 Å². The first-order valence-electron chi connectivity index (χ1n) is 8.62. The molecule has 0 spiro atoms. The van der Waals surface area contributed by atoms with E-state index < -0.39 is 18.3 Å². The molecule has 26 heavy (non-hydrogen) atoms. The number of halogens is 2. The van der Waals surface area contributed by atoms with Gasteiger partial charge in [0.05, 0.1) is 11.2 Å². The summed E-state index contributed by atoms with van der Waals surface area (Å²) in [5.41, 5.74) is 1.15. The summed E-state index contributed by atoms with van der Waals surface area (Å²) < 4.78 is 32.2. The third-order valence-corrected chi connectivity index (χ3v) is 5.37. The molecular formula is C20H23BClFO3. The van der Waals surface area contributed by atoms with Gasteiger partial charge < -0.3 is 14.0 Å². The summed E-state index contributed by atoms with van der Waals surface area (Å²) in [6.07, 6.45) is 0. The molecule has 0 N–H and O–H groups in total. The highest BCUT2D eigenvalue weighted by molar-refractivity contribution is 6.62. The SMILES string of the molecule is Cc1ccc(Cl)cc1OCc1ccc(B2OC(C)(C)C(C)(C)O2)cc1F. The van der Waals surface area contributed by atoms with E-state index in [1.807, 2.05) is 46.8 Å². The molecule has 2 aromatic rings. The largest absolute Gasteiger partial charge is 0.494 e. The van der Waals surface area contributed by atoms with Crippen LogP contribution in [0.15, 0.2) is 36.4 Å². The molecule has 0 atom stereocenters. The second kappa shape index (κ2) is 6.88. The highest BCUT2D eigenvalue weighted by Crippen LogP contribution is 2.36. The maximum atomic E-state index is 14.6. The quantitative estimate of drug-likeness (QED) is 0.726. The zero-order chi connectivity index (χ0) is 19.1. The average Bonchev–Trinajstić information content (AvgIpc) is 2.77. The highest BCUT2D eigenvalue weighted by atomic mass is 35.5. The lowest BCUT2D eigenvalue weighted by Gasteiger charge is -2.32. The minimum Gasteiger partial charge on any atom is -0.488 e. The average molecular weight is 377 g/mol. The van der Waals surface area contributed by atoms with Gasteiger partial charge in [-0.1, -0.05) is 29.8 Å². The second-order valence-corrected chi connectivity index (χ2v) is 8.07. The molecule has 0 aromatic heterocycles. The second-order valence-electron chi connectivity index (χ2n) is 7.64. The first-order chi connectivity index (χ1) is 12.1. The van der Waals surface area contributed by atoms with Gasteiger partial charge in [0.25, 0.3) is 0 Å². The molecule has 0 saturated carbocycles. The number of benzene rings is 2. The van der Waals surface area contributed by atoms with Crippen LogP contribution in [0.2, 0.25) is 5.02 Å². The lowest BCUT2D eigenvalue weighted by molar-refractivity contribution is 0.00578. The Morgan fingerprint density at radius 2 is 1.69 bits per heavy atom. The molecule has 1 aliphatic rings. The summed E-state index contributed by atoms with van der Waals surface area (Å²) in [4.78, 5) is 0. The van der Waals surface area contributed by atoms with Crippen LogP contribution in [-0.2, 0) is 15.9 Å². The fraction of sp³-hybridized carbons (Fsp3) is 0.400. The zero-order valence-electron chi connectivity index (χ0n) is 15.7. The van der Waals surface area contributed by atoms with Gasteiger partial charge in [-0.25, -0.2) is 4.39 Å². The Bertz CT molecular complexity index is 807. The Kier molecular flexibility index (Phi) is 5.08. The Balaban J connectivity index is 1.73. The van der Waals surface area contributed by atoms with Gasteiger partial charge in [-0.2, -0.15) is 0 Å². The van der Waals surface area contributed by atoms with Crippen LogP contribution in [0.1, 0.15) is 38.8 Å². The minimum atomic E-state index is -0.584. The van der Waals surface area contributed by atoms with Crippen molar-refractivity contribution in [3.63, 3.8) is 0 Å². The molecule has 1 fully saturated rings. The van der Waals surface area contributed by atoms with Gasteiger partial charge >= 0.3 is 7.12 Å². The van der Waals surface area contributed by atoms with Gasteiger partial charge in [0, 0.05) is 10.6 Å². The van der Waals surface area contributed by atoms with Crippen molar-refractivity contribution < 1.29 is 18.4 Å². The van der Waals surface area contributed by atoms with E-state index in [1.165, 1.54) is 6.07 Å². The first-order valence-corrected chi connectivity index (χ1v) is 9.00. The van der Waals surface area contributed by atoms with E-state index in [4.69, 9.17) is 25.6 Å². The zero-order valence-corrected chi connectivity index (χ0v) is 16.5. The molecule has 0 unspecified atom stereocenters. The summed E-state index contributed by atoms with van der Waals surface area (Å²) in [7, 11) is -0.584. The van der Waals surface area contributed by atoms with E-state index in [9.17, 15) is 4.39 Å². The van der Waals surface area contributed by atoms with Gasteiger partial charge in [0.15, 0.2) is 0 Å². The predicted octanol–water partition coefficient (Wildman–Crippen LogP) is 4.67. The van der Waals surface area contributed by atoms with E-state index in [1.54, 1.807) is 18.2 Å². The van der Waals surface area contributed by atoms with Crippen LogP contribution in [0.3, 0.4) is 0 Å². The molecule has 0 bridgehead atoms. The van der Waals surface area contributed by atoms with E-state index in [-0.39, 0.29) is 12.4 Å². The molecule has 0 aliphatic carbocycles. The fourth-order valence-electron chi connectivity index (χ4n) is 2.69. The number of aryl methyl sites for hydroxylation is 1. The van der Waals surface area contributed by atoms with E-state index in [0.717, 1.165) is 5.56 Å². The Hall–Kier alpha value is -1.56. The molecule has 3 nitrogen and oxygen atoms in total. The monoisotopic (exact) mass is 376 g/mol. The van der Waals surface area contributed by atoms with Crippen molar-refractivity contribution in [2.45, 2.75) is 52.4 Å². The Labute approximate surface area is 159 Å².